The summed E-state index contributed by atoms with van der Waals surface area (Å²) in [5.41, 5.74) is 1.23. The van der Waals surface area contributed by atoms with Crippen LogP contribution in [0.5, 0.6) is 0 Å². The van der Waals surface area contributed by atoms with E-state index in [4.69, 9.17) is 4.84 Å². The molecule has 3 aliphatic rings. The van der Waals surface area contributed by atoms with Crippen molar-refractivity contribution in [3.05, 3.63) is 24.4 Å². The first kappa shape index (κ1) is 10.9. The number of hydrogen-bond donors (Lipinski definition) is 0. The van der Waals surface area contributed by atoms with E-state index in [0.717, 1.165) is 19.3 Å². The van der Waals surface area contributed by atoms with Crippen molar-refractivity contribution in [3.63, 3.8) is 0 Å². The monoisotopic (exact) mass is 220 g/mol. The van der Waals surface area contributed by atoms with Gasteiger partial charge >= 0.3 is 0 Å². The lowest BCUT2D eigenvalue weighted by atomic mass is 9.83. The molecule has 3 aliphatic heterocycles. The van der Waals surface area contributed by atoms with Gasteiger partial charge in [-0.25, -0.2) is 0 Å². The van der Waals surface area contributed by atoms with Gasteiger partial charge in [0.2, 0.25) is 0 Å². The van der Waals surface area contributed by atoms with Gasteiger partial charge in [-0.15, -0.1) is 0 Å². The quantitative estimate of drug-likeness (QED) is 0.304. The molecule has 1 saturated heterocycles. The maximum atomic E-state index is 10.1. The minimum absolute atomic E-state index is 0.204. The summed E-state index contributed by atoms with van der Waals surface area (Å²) in [4.78, 5) is 17.7. The van der Waals surface area contributed by atoms with Crippen molar-refractivity contribution in [3.8, 4) is 0 Å². The summed E-state index contributed by atoms with van der Waals surface area (Å²) < 4.78 is 0. The molecule has 4 heteroatoms. The fraction of sp³-hybridized carbons (Fsp3) is 0.500. The van der Waals surface area contributed by atoms with E-state index >= 15 is 0 Å². The molecule has 0 aromatic heterocycles. The van der Waals surface area contributed by atoms with E-state index < -0.39 is 0 Å². The Hall–Kier alpha value is -1.58. The van der Waals surface area contributed by atoms with Gasteiger partial charge in [0.25, 0.3) is 0 Å². The molecule has 3 heterocycles. The highest BCUT2D eigenvalue weighted by Crippen LogP contribution is 2.34. The molecule has 0 aromatic rings. The molecule has 0 saturated carbocycles. The minimum atomic E-state index is -0.204. The number of rotatable bonds is 5. The highest BCUT2D eigenvalue weighted by molar-refractivity contribution is 6.12. The topological polar surface area (TPSA) is 41.9 Å². The van der Waals surface area contributed by atoms with Gasteiger partial charge in [-0.3, -0.25) is 4.79 Å². The summed E-state index contributed by atoms with van der Waals surface area (Å²) in [6.45, 7) is 6.02. The van der Waals surface area contributed by atoms with E-state index in [1.807, 2.05) is 0 Å². The van der Waals surface area contributed by atoms with Gasteiger partial charge < -0.3 is 9.74 Å². The molecular weight excluding hydrogens is 204 g/mol. The lowest BCUT2D eigenvalue weighted by Gasteiger charge is -2.40. The van der Waals surface area contributed by atoms with E-state index in [-0.39, 0.29) is 6.10 Å². The Morgan fingerprint density at radius 1 is 1.56 bits per heavy atom. The molecule has 1 atom stereocenters. The van der Waals surface area contributed by atoms with Gasteiger partial charge in [-0.1, -0.05) is 11.7 Å². The van der Waals surface area contributed by atoms with Crippen LogP contribution in [0, 0.1) is 5.92 Å². The maximum absolute atomic E-state index is 10.1. The molecule has 0 amide bonds. The molecular formula is C12H16N2O2. The van der Waals surface area contributed by atoms with E-state index in [1.165, 1.54) is 18.4 Å². The molecule has 1 fully saturated rings. The normalized spacial score (nSPS) is 22.0. The van der Waals surface area contributed by atoms with E-state index in [9.17, 15) is 4.79 Å². The second-order valence-electron chi connectivity index (χ2n) is 4.09. The van der Waals surface area contributed by atoms with Crippen LogP contribution in [0.25, 0.3) is 0 Å². The average Bonchev–Trinajstić information content (AvgIpc) is 2.36. The van der Waals surface area contributed by atoms with Gasteiger partial charge in [-0.05, 0) is 30.4 Å². The number of nitrogens with zero attached hydrogens (tertiary/aromatic N) is 2. The van der Waals surface area contributed by atoms with Crippen LogP contribution in [-0.4, -0.2) is 36.6 Å². The minimum Gasteiger partial charge on any atom is -0.384 e. The molecule has 2 bridgehead atoms. The first-order chi connectivity index (χ1) is 7.85. The SMILES string of the molecule is C=CC(ON=CC=O)C1=CN2CCC1CC2. The third-order valence-electron chi connectivity index (χ3n) is 3.17. The second-order valence-corrected chi connectivity index (χ2v) is 4.09. The predicted molar refractivity (Wildman–Crippen MR) is 62.0 cm³/mol. The molecule has 0 radical (unpaired) electrons. The zero-order valence-electron chi connectivity index (χ0n) is 9.21. The molecule has 0 N–H and O–H groups in total. The Kier molecular flexibility index (Phi) is 3.39. The molecule has 1 unspecified atom stereocenters. The third kappa shape index (κ3) is 2.15. The Balaban J connectivity index is 2.06. The zero-order valence-corrected chi connectivity index (χ0v) is 9.21. The van der Waals surface area contributed by atoms with Crippen molar-refractivity contribution >= 4 is 12.5 Å². The first-order valence-electron chi connectivity index (χ1n) is 5.56. The van der Waals surface area contributed by atoms with Crippen LogP contribution in [0.1, 0.15) is 12.8 Å². The van der Waals surface area contributed by atoms with Crippen molar-refractivity contribution in [2.24, 2.45) is 11.1 Å². The van der Waals surface area contributed by atoms with Gasteiger partial charge in [-0.2, -0.15) is 0 Å². The highest BCUT2D eigenvalue weighted by atomic mass is 16.6. The van der Waals surface area contributed by atoms with Gasteiger partial charge in [0.05, 0.1) is 0 Å². The van der Waals surface area contributed by atoms with Gasteiger partial charge in [0.1, 0.15) is 6.21 Å². The van der Waals surface area contributed by atoms with Crippen LogP contribution in [0.2, 0.25) is 0 Å². The van der Waals surface area contributed by atoms with Gasteiger partial charge in [0, 0.05) is 19.3 Å². The van der Waals surface area contributed by atoms with Crippen LogP contribution in [-0.2, 0) is 9.63 Å². The fourth-order valence-corrected chi connectivity index (χ4v) is 2.35. The van der Waals surface area contributed by atoms with Crippen LogP contribution < -0.4 is 0 Å². The molecule has 0 spiro atoms. The number of fused-ring (bicyclic) bond motifs is 2. The Morgan fingerprint density at radius 3 is 2.81 bits per heavy atom. The van der Waals surface area contributed by atoms with E-state index in [2.05, 4.69) is 22.8 Å². The van der Waals surface area contributed by atoms with Crippen molar-refractivity contribution in [1.29, 1.82) is 0 Å². The molecule has 16 heavy (non-hydrogen) atoms. The van der Waals surface area contributed by atoms with E-state index in [0.29, 0.717) is 12.2 Å². The molecule has 3 rings (SSSR count). The van der Waals surface area contributed by atoms with Crippen LogP contribution in [0.4, 0.5) is 0 Å². The number of carbonyl (C=O) groups excluding carboxylic acids is 1. The van der Waals surface area contributed by atoms with Crippen LogP contribution in [0.15, 0.2) is 29.6 Å². The number of aldehydes is 1. The Labute approximate surface area is 95.2 Å². The number of piperidine rings is 1. The Morgan fingerprint density at radius 2 is 2.31 bits per heavy atom. The summed E-state index contributed by atoms with van der Waals surface area (Å²) in [6.07, 6.45) is 7.75. The van der Waals surface area contributed by atoms with Crippen molar-refractivity contribution in [1.82, 2.24) is 4.90 Å². The number of hydrogen-bond acceptors (Lipinski definition) is 4. The molecule has 0 aromatic carbocycles. The largest absolute Gasteiger partial charge is 0.384 e. The highest BCUT2D eigenvalue weighted by Gasteiger charge is 2.31. The summed E-state index contributed by atoms with van der Waals surface area (Å²) in [5, 5.41) is 3.60. The van der Waals surface area contributed by atoms with Crippen LogP contribution >= 0.6 is 0 Å². The fourth-order valence-electron chi connectivity index (χ4n) is 2.35. The molecule has 86 valence electrons. The predicted octanol–water partition coefficient (Wildman–Crippen LogP) is 1.35. The molecule has 0 aliphatic carbocycles. The zero-order chi connectivity index (χ0) is 11.4. The summed E-state index contributed by atoms with van der Waals surface area (Å²) in [5.74, 6) is 0.583. The standard InChI is InChI=1S/C12H16N2O2/c1-2-12(16-13-5-8-15)11-9-14-6-3-10(11)4-7-14/h2,5,8-10,12H,1,3-4,6-7H2. The lowest BCUT2D eigenvalue weighted by molar-refractivity contribution is -0.102. The van der Waals surface area contributed by atoms with Crippen molar-refractivity contribution in [2.45, 2.75) is 18.9 Å². The summed E-state index contributed by atoms with van der Waals surface area (Å²) >= 11 is 0. The summed E-state index contributed by atoms with van der Waals surface area (Å²) in [7, 11) is 0. The first-order valence-corrected chi connectivity index (χ1v) is 5.56. The van der Waals surface area contributed by atoms with Gasteiger partial charge in [0.15, 0.2) is 12.4 Å². The summed E-state index contributed by atoms with van der Waals surface area (Å²) in [6, 6.07) is 0. The Bertz CT molecular complexity index is 328. The average molecular weight is 220 g/mol. The number of oxime groups is 1. The van der Waals surface area contributed by atoms with Crippen LogP contribution in [0.3, 0.4) is 0 Å². The molecule has 4 nitrogen and oxygen atoms in total. The second kappa shape index (κ2) is 4.96. The van der Waals surface area contributed by atoms with Crippen molar-refractivity contribution in [2.75, 3.05) is 13.1 Å². The maximum Gasteiger partial charge on any atom is 0.168 e. The van der Waals surface area contributed by atoms with E-state index in [1.54, 1.807) is 6.08 Å². The number of carbonyl (C=O) groups is 1. The lowest BCUT2D eigenvalue weighted by Crippen LogP contribution is -2.39. The smallest absolute Gasteiger partial charge is 0.168 e. The van der Waals surface area contributed by atoms with Crippen molar-refractivity contribution < 1.29 is 9.63 Å². The third-order valence-corrected chi connectivity index (χ3v) is 3.17.